The zero-order valence-electron chi connectivity index (χ0n) is 8.30. The summed E-state index contributed by atoms with van der Waals surface area (Å²) < 4.78 is 3.01. The van der Waals surface area contributed by atoms with E-state index in [0.717, 1.165) is 0 Å². The van der Waals surface area contributed by atoms with E-state index in [1.165, 1.54) is 11.0 Å². The van der Waals surface area contributed by atoms with Gasteiger partial charge in [-0.05, 0) is 13.8 Å². The first-order chi connectivity index (χ1) is 6.61. The van der Waals surface area contributed by atoms with Crippen molar-refractivity contribution in [1.29, 1.82) is 0 Å². The second kappa shape index (κ2) is 2.90. The third-order valence-electron chi connectivity index (χ3n) is 2.11. The van der Waals surface area contributed by atoms with Crippen LogP contribution < -0.4 is 5.56 Å². The summed E-state index contributed by atoms with van der Waals surface area (Å²) in [6.07, 6.45) is 1.50. The molecule has 0 fully saturated rings. The topological polar surface area (TPSA) is 65.6 Å². The third kappa shape index (κ3) is 1.11. The molecule has 6 nitrogen and oxygen atoms in total. The summed E-state index contributed by atoms with van der Waals surface area (Å²) in [5.41, 5.74) is 0.744. The van der Waals surface area contributed by atoms with Crippen LogP contribution in [-0.4, -0.2) is 24.5 Å². The molecule has 0 spiro atoms. The van der Waals surface area contributed by atoms with Crippen molar-refractivity contribution in [2.45, 2.75) is 19.9 Å². The third-order valence-corrected chi connectivity index (χ3v) is 2.11. The van der Waals surface area contributed by atoms with Crippen molar-refractivity contribution in [1.82, 2.24) is 24.5 Å². The molecule has 0 saturated heterocycles. The van der Waals surface area contributed by atoms with Gasteiger partial charge in [0.1, 0.15) is 6.33 Å². The fraction of sp³-hybridized carbons (Fsp3) is 0.500. The van der Waals surface area contributed by atoms with Gasteiger partial charge in [-0.25, -0.2) is 9.67 Å². The first-order valence-electron chi connectivity index (χ1n) is 4.38. The maximum absolute atomic E-state index is 11.9. The molecule has 0 bridgehead atoms. The minimum absolute atomic E-state index is 0.0919. The molecular formula is C8H11N5O. The molecule has 2 aromatic heterocycles. The Morgan fingerprint density at radius 2 is 2.14 bits per heavy atom. The molecule has 0 aliphatic heterocycles. The summed E-state index contributed by atoms with van der Waals surface area (Å²) in [6.45, 7) is 3.86. The van der Waals surface area contributed by atoms with E-state index >= 15 is 0 Å². The number of aryl methyl sites for hydroxylation is 1. The average Bonchev–Trinajstić information content (AvgIpc) is 2.48. The zero-order valence-corrected chi connectivity index (χ0v) is 8.30. The van der Waals surface area contributed by atoms with E-state index in [9.17, 15) is 4.79 Å². The standard InChI is InChI=1S/C8H11N5O/c1-5(2)13-4-9-7-6(8(13)14)12(3)11-10-7/h4-5H,1-3H3. The summed E-state index contributed by atoms with van der Waals surface area (Å²) >= 11 is 0. The summed E-state index contributed by atoms with van der Waals surface area (Å²) in [5.74, 6) is 0. The van der Waals surface area contributed by atoms with Gasteiger partial charge in [-0.15, -0.1) is 5.10 Å². The molecule has 0 aliphatic carbocycles. The number of nitrogens with zero attached hydrogens (tertiary/aromatic N) is 5. The number of rotatable bonds is 1. The lowest BCUT2D eigenvalue weighted by Crippen LogP contribution is -2.23. The molecule has 0 N–H and O–H groups in total. The molecule has 2 heterocycles. The van der Waals surface area contributed by atoms with Crippen molar-refractivity contribution in [2.75, 3.05) is 0 Å². The van der Waals surface area contributed by atoms with Gasteiger partial charge in [0.15, 0.2) is 5.52 Å². The predicted octanol–water partition coefficient (Wildman–Crippen LogP) is 0.106. The second-order valence-corrected chi connectivity index (χ2v) is 3.44. The van der Waals surface area contributed by atoms with Gasteiger partial charge in [0.05, 0.1) is 0 Å². The fourth-order valence-electron chi connectivity index (χ4n) is 1.33. The molecule has 0 aliphatic rings. The van der Waals surface area contributed by atoms with Crippen molar-refractivity contribution in [2.24, 2.45) is 7.05 Å². The Balaban J connectivity index is 2.86. The molecule has 0 amide bonds. The molecule has 0 unspecified atom stereocenters. The van der Waals surface area contributed by atoms with Gasteiger partial charge in [0.25, 0.3) is 5.56 Å². The van der Waals surface area contributed by atoms with Crippen LogP contribution in [0, 0.1) is 0 Å². The van der Waals surface area contributed by atoms with Crippen LogP contribution in [0.4, 0.5) is 0 Å². The Kier molecular flexibility index (Phi) is 1.83. The van der Waals surface area contributed by atoms with Crippen LogP contribution in [0.15, 0.2) is 11.1 Å². The van der Waals surface area contributed by atoms with Crippen LogP contribution in [0.25, 0.3) is 11.2 Å². The SMILES string of the molecule is CC(C)n1cnc2nnn(C)c2c1=O. The Bertz CT molecular complexity index is 524. The van der Waals surface area contributed by atoms with Gasteiger partial charge >= 0.3 is 0 Å². The van der Waals surface area contributed by atoms with Crippen LogP contribution in [0.3, 0.4) is 0 Å². The normalized spacial score (nSPS) is 11.4. The molecular weight excluding hydrogens is 182 g/mol. The average molecular weight is 193 g/mol. The van der Waals surface area contributed by atoms with Gasteiger partial charge < -0.3 is 0 Å². The minimum Gasteiger partial charge on any atom is -0.295 e. The van der Waals surface area contributed by atoms with Crippen molar-refractivity contribution in [3.8, 4) is 0 Å². The summed E-state index contributed by atoms with van der Waals surface area (Å²) in [6, 6.07) is 0.0919. The van der Waals surface area contributed by atoms with Gasteiger partial charge in [-0.3, -0.25) is 9.36 Å². The van der Waals surface area contributed by atoms with E-state index in [1.807, 2.05) is 13.8 Å². The van der Waals surface area contributed by atoms with Crippen molar-refractivity contribution in [3.05, 3.63) is 16.7 Å². The predicted molar refractivity (Wildman–Crippen MR) is 50.9 cm³/mol. The van der Waals surface area contributed by atoms with Crippen LogP contribution in [0.5, 0.6) is 0 Å². The van der Waals surface area contributed by atoms with E-state index < -0.39 is 0 Å². The lowest BCUT2D eigenvalue weighted by molar-refractivity contribution is 0.570. The van der Waals surface area contributed by atoms with Gasteiger partial charge in [-0.2, -0.15) is 0 Å². The summed E-state index contributed by atoms with van der Waals surface area (Å²) in [7, 11) is 1.68. The maximum atomic E-state index is 11.9. The summed E-state index contributed by atoms with van der Waals surface area (Å²) in [4.78, 5) is 15.9. The quantitative estimate of drug-likeness (QED) is 0.644. The molecule has 6 heteroatoms. The van der Waals surface area contributed by atoms with E-state index in [4.69, 9.17) is 0 Å². The van der Waals surface area contributed by atoms with E-state index in [-0.39, 0.29) is 11.6 Å². The fourth-order valence-corrected chi connectivity index (χ4v) is 1.33. The van der Waals surface area contributed by atoms with Gasteiger partial charge in [-0.1, -0.05) is 5.21 Å². The zero-order chi connectivity index (χ0) is 10.3. The van der Waals surface area contributed by atoms with E-state index in [1.54, 1.807) is 11.6 Å². The van der Waals surface area contributed by atoms with Gasteiger partial charge in [0, 0.05) is 13.1 Å². The first-order valence-corrected chi connectivity index (χ1v) is 4.38. The molecule has 0 saturated carbocycles. The summed E-state index contributed by atoms with van der Waals surface area (Å²) in [5, 5.41) is 7.52. The number of hydrogen-bond acceptors (Lipinski definition) is 4. The highest BCUT2D eigenvalue weighted by Crippen LogP contribution is 2.03. The molecule has 0 atom stereocenters. The minimum atomic E-state index is -0.0995. The van der Waals surface area contributed by atoms with Crippen LogP contribution in [0.1, 0.15) is 19.9 Å². The number of aromatic nitrogens is 5. The maximum Gasteiger partial charge on any atom is 0.281 e. The van der Waals surface area contributed by atoms with Crippen molar-refractivity contribution < 1.29 is 0 Å². The van der Waals surface area contributed by atoms with E-state index in [0.29, 0.717) is 11.2 Å². The molecule has 0 radical (unpaired) electrons. The van der Waals surface area contributed by atoms with Crippen molar-refractivity contribution in [3.63, 3.8) is 0 Å². The molecule has 0 aromatic carbocycles. The smallest absolute Gasteiger partial charge is 0.281 e. The second-order valence-electron chi connectivity index (χ2n) is 3.44. The van der Waals surface area contributed by atoms with E-state index in [2.05, 4.69) is 15.3 Å². The molecule has 2 aromatic rings. The van der Waals surface area contributed by atoms with Gasteiger partial charge in [0.2, 0.25) is 5.65 Å². The Morgan fingerprint density at radius 1 is 1.43 bits per heavy atom. The lowest BCUT2D eigenvalue weighted by Gasteiger charge is -2.07. The lowest BCUT2D eigenvalue weighted by atomic mass is 10.4. The van der Waals surface area contributed by atoms with Crippen molar-refractivity contribution >= 4 is 11.2 Å². The Hall–Kier alpha value is -1.72. The van der Waals surface area contributed by atoms with Crippen LogP contribution >= 0.6 is 0 Å². The molecule has 74 valence electrons. The molecule has 2 rings (SSSR count). The first kappa shape index (κ1) is 8.86. The number of fused-ring (bicyclic) bond motifs is 1. The highest BCUT2D eigenvalue weighted by atomic mass is 16.1. The number of hydrogen-bond donors (Lipinski definition) is 0. The Morgan fingerprint density at radius 3 is 2.79 bits per heavy atom. The largest absolute Gasteiger partial charge is 0.295 e. The highest BCUT2D eigenvalue weighted by molar-refractivity contribution is 5.67. The Labute approximate surface area is 80.2 Å². The monoisotopic (exact) mass is 193 g/mol. The van der Waals surface area contributed by atoms with Crippen LogP contribution in [-0.2, 0) is 7.05 Å². The highest BCUT2D eigenvalue weighted by Gasteiger charge is 2.10. The van der Waals surface area contributed by atoms with Crippen LogP contribution in [0.2, 0.25) is 0 Å². The molecule has 14 heavy (non-hydrogen) atoms.